The zero-order valence-corrected chi connectivity index (χ0v) is 20.0. The molecule has 0 saturated heterocycles. The van der Waals surface area contributed by atoms with E-state index in [2.05, 4.69) is 0 Å². The number of hydrogen-bond donors (Lipinski definition) is 2. The Balaban J connectivity index is 1.70. The van der Waals surface area contributed by atoms with Gasteiger partial charge in [-0.3, -0.25) is 4.57 Å². The molecule has 0 saturated carbocycles. The van der Waals surface area contributed by atoms with Crippen molar-refractivity contribution in [2.45, 2.75) is 31.2 Å². The molecule has 0 radical (unpaired) electrons. The van der Waals surface area contributed by atoms with Gasteiger partial charge in [0.25, 0.3) is 0 Å². The third-order valence-corrected chi connectivity index (χ3v) is 5.59. The summed E-state index contributed by atoms with van der Waals surface area (Å²) in [5.74, 6) is 0.888. The first-order chi connectivity index (χ1) is 16.7. The van der Waals surface area contributed by atoms with E-state index < -0.39 is 32.6 Å². The molecule has 10 heteroatoms. The first kappa shape index (κ1) is 26.8. The van der Waals surface area contributed by atoms with E-state index in [1.54, 1.807) is 36.4 Å². The normalized spacial score (nSPS) is 13.6. The molecule has 2 unspecified atom stereocenters. The maximum absolute atomic E-state index is 13.8. The average Bonchev–Trinajstić information content (AvgIpc) is 2.85. The number of nitrogens with two attached hydrogens (primary N) is 1. The number of para-hydroxylation sites is 1. The Hall–Kier alpha value is -2.84. The van der Waals surface area contributed by atoms with Crippen molar-refractivity contribution in [3.63, 3.8) is 0 Å². The molecule has 188 valence electrons. The minimum absolute atomic E-state index is 0.0836. The summed E-state index contributed by atoms with van der Waals surface area (Å²) in [6, 6.07) is 19.9. The van der Waals surface area contributed by atoms with Crippen LogP contribution in [0.15, 0.2) is 72.8 Å². The Bertz CT molecular complexity index is 1110. The second kappa shape index (κ2) is 12.2. The molecule has 0 aliphatic carbocycles. The molecular weight excluding hydrogens is 482 g/mol. The van der Waals surface area contributed by atoms with Crippen LogP contribution in [0, 0.1) is 0 Å². The van der Waals surface area contributed by atoms with Crippen molar-refractivity contribution < 1.29 is 36.8 Å². The number of ether oxygens (including phenoxy) is 2. The van der Waals surface area contributed by atoms with E-state index in [0.717, 1.165) is 6.07 Å². The summed E-state index contributed by atoms with van der Waals surface area (Å²) in [6.45, 7) is -0.685. The number of alkyl halides is 3. The van der Waals surface area contributed by atoms with Crippen molar-refractivity contribution in [2.24, 2.45) is 5.73 Å². The molecular formula is C25H27F3NO5P. The van der Waals surface area contributed by atoms with Crippen LogP contribution >= 0.6 is 8.69 Å². The first-order valence-corrected chi connectivity index (χ1v) is 11.8. The van der Waals surface area contributed by atoms with Crippen LogP contribution in [0.3, 0.4) is 0 Å². The van der Waals surface area contributed by atoms with Crippen LogP contribution in [-0.4, -0.2) is 23.9 Å². The third kappa shape index (κ3) is 8.11. The van der Waals surface area contributed by atoms with Crippen LogP contribution in [0.2, 0.25) is 0 Å². The molecule has 3 N–H and O–H groups in total. The van der Waals surface area contributed by atoms with E-state index in [4.69, 9.17) is 19.7 Å². The van der Waals surface area contributed by atoms with E-state index in [9.17, 15) is 22.8 Å². The highest BCUT2D eigenvalue weighted by molar-refractivity contribution is 7.17. The number of aliphatic hydroxyl groups excluding tert-OH is 1. The largest absolute Gasteiger partial charge is 0.488 e. The fourth-order valence-electron chi connectivity index (χ4n) is 3.35. The summed E-state index contributed by atoms with van der Waals surface area (Å²) in [6.07, 6.45) is -4.32. The first-order valence-electron chi connectivity index (χ1n) is 10.8. The quantitative estimate of drug-likeness (QED) is 0.319. The highest BCUT2D eigenvalue weighted by Gasteiger charge is 2.35. The molecule has 0 heterocycles. The van der Waals surface area contributed by atoms with E-state index in [1.165, 1.54) is 12.1 Å². The number of aliphatic hydroxyl groups is 1. The van der Waals surface area contributed by atoms with Gasteiger partial charge in [-0.2, -0.15) is 13.2 Å². The fourth-order valence-corrected chi connectivity index (χ4v) is 3.75. The Kier molecular flexibility index (Phi) is 9.34. The molecule has 0 aliphatic rings. The maximum Gasteiger partial charge on any atom is 0.419 e. The van der Waals surface area contributed by atoms with E-state index in [-0.39, 0.29) is 31.8 Å². The Labute approximate surface area is 202 Å². The third-order valence-electron chi connectivity index (χ3n) is 5.29. The van der Waals surface area contributed by atoms with Crippen molar-refractivity contribution in [1.82, 2.24) is 0 Å². The summed E-state index contributed by atoms with van der Waals surface area (Å²) in [5, 5.41) is 9.49. The fraction of sp³-hybridized carbons (Fsp3) is 0.280. The van der Waals surface area contributed by atoms with Crippen molar-refractivity contribution in [2.75, 3.05) is 13.2 Å². The highest BCUT2D eigenvalue weighted by Crippen LogP contribution is 2.37. The lowest BCUT2D eigenvalue weighted by Crippen LogP contribution is -2.47. The monoisotopic (exact) mass is 509 g/mol. The molecule has 0 aromatic heterocycles. The van der Waals surface area contributed by atoms with E-state index in [0.29, 0.717) is 22.6 Å². The minimum Gasteiger partial charge on any atom is -0.488 e. The summed E-state index contributed by atoms with van der Waals surface area (Å²) < 4.78 is 68.0. The average molecular weight is 509 g/mol. The Morgan fingerprint density at radius 3 is 2.34 bits per heavy atom. The number of benzene rings is 3. The minimum atomic E-state index is -4.63. The molecule has 3 aromatic rings. The standard InChI is InChI=1S/C25H27F3NO5P/c26-25(27,28)22-14-18(11-12-24(29,16-30)17-33-35-31)9-10-23(22)32-15-19-5-4-8-21(13-19)34-20-6-2-1-3-7-20/h1-10,13-14,30H,11-12,15-17,29,35H2. The van der Waals surface area contributed by atoms with E-state index in [1.807, 2.05) is 18.2 Å². The summed E-state index contributed by atoms with van der Waals surface area (Å²) >= 11 is 0. The van der Waals surface area contributed by atoms with Crippen molar-refractivity contribution in [3.05, 3.63) is 89.5 Å². The Morgan fingerprint density at radius 2 is 1.66 bits per heavy atom. The van der Waals surface area contributed by atoms with Crippen molar-refractivity contribution in [3.8, 4) is 17.2 Å². The van der Waals surface area contributed by atoms with Gasteiger partial charge in [0, 0.05) is 0 Å². The lowest BCUT2D eigenvalue weighted by Gasteiger charge is -2.26. The van der Waals surface area contributed by atoms with Gasteiger partial charge >= 0.3 is 6.18 Å². The van der Waals surface area contributed by atoms with Gasteiger partial charge in [-0.05, 0) is 60.4 Å². The summed E-state index contributed by atoms with van der Waals surface area (Å²) in [5.41, 5.74) is 4.92. The Morgan fingerprint density at radius 1 is 0.914 bits per heavy atom. The zero-order chi connectivity index (χ0) is 25.3. The van der Waals surface area contributed by atoms with Crippen LogP contribution in [0.1, 0.15) is 23.1 Å². The lowest BCUT2D eigenvalue weighted by atomic mass is 9.93. The van der Waals surface area contributed by atoms with Gasteiger partial charge in [-0.25, -0.2) is 0 Å². The van der Waals surface area contributed by atoms with Gasteiger partial charge in [0.15, 0.2) is 8.69 Å². The van der Waals surface area contributed by atoms with Crippen LogP contribution in [0.5, 0.6) is 17.2 Å². The predicted molar refractivity (Wildman–Crippen MR) is 127 cm³/mol. The number of hydrogen-bond acceptors (Lipinski definition) is 6. The van der Waals surface area contributed by atoms with Gasteiger partial charge in [-0.1, -0.05) is 36.4 Å². The molecule has 35 heavy (non-hydrogen) atoms. The van der Waals surface area contributed by atoms with Gasteiger partial charge in [0.2, 0.25) is 0 Å². The summed E-state index contributed by atoms with van der Waals surface area (Å²) in [4.78, 5) is 0. The number of rotatable bonds is 12. The topological polar surface area (TPSA) is 91.0 Å². The molecule has 3 aromatic carbocycles. The SMILES string of the molecule is NC(CO)(CCc1ccc(OCc2cccc(Oc3ccccc3)c2)c(C(F)(F)F)c1)CO[PH2]=O. The molecule has 2 atom stereocenters. The predicted octanol–water partition coefficient (Wildman–Crippen LogP) is 5.39. The van der Waals surface area contributed by atoms with Crippen LogP contribution < -0.4 is 15.2 Å². The van der Waals surface area contributed by atoms with Crippen LogP contribution in [0.25, 0.3) is 0 Å². The molecule has 0 spiro atoms. The maximum atomic E-state index is 13.8. The van der Waals surface area contributed by atoms with E-state index >= 15 is 0 Å². The second-order valence-corrected chi connectivity index (χ2v) is 8.63. The molecule has 6 nitrogen and oxygen atoms in total. The molecule has 3 rings (SSSR count). The van der Waals surface area contributed by atoms with Crippen molar-refractivity contribution in [1.29, 1.82) is 0 Å². The highest BCUT2D eigenvalue weighted by atomic mass is 31.1. The second-order valence-electron chi connectivity index (χ2n) is 8.11. The van der Waals surface area contributed by atoms with Gasteiger partial charge < -0.3 is 24.8 Å². The molecule has 0 bridgehead atoms. The van der Waals surface area contributed by atoms with Crippen LogP contribution in [0.4, 0.5) is 13.2 Å². The number of halogens is 3. The zero-order valence-electron chi connectivity index (χ0n) is 18.8. The summed E-state index contributed by atoms with van der Waals surface area (Å²) in [7, 11) is -1.49. The number of aryl methyl sites for hydroxylation is 1. The van der Waals surface area contributed by atoms with Gasteiger partial charge in [0.1, 0.15) is 23.9 Å². The molecule has 0 aliphatic heterocycles. The van der Waals surface area contributed by atoms with Gasteiger partial charge in [0.05, 0.1) is 24.3 Å². The van der Waals surface area contributed by atoms with Crippen LogP contribution in [-0.2, 0) is 28.3 Å². The smallest absolute Gasteiger partial charge is 0.419 e. The van der Waals surface area contributed by atoms with Crippen molar-refractivity contribution >= 4 is 8.69 Å². The molecule has 0 amide bonds. The van der Waals surface area contributed by atoms with Gasteiger partial charge in [-0.15, -0.1) is 0 Å². The molecule has 0 fully saturated rings. The lowest BCUT2D eigenvalue weighted by molar-refractivity contribution is -0.139.